The molecular formula is C23H30ClFN4O5. The lowest BCUT2D eigenvalue weighted by atomic mass is 10.1. The Bertz CT molecular complexity index is 1110. The van der Waals surface area contributed by atoms with Gasteiger partial charge in [-0.15, -0.1) is 0 Å². The Morgan fingerprint density at radius 1 is 1.18 bits per heavy atom. The lowest BCUT2D eigenvalue weighted by molar-refractivity contribution is -0.147. The lowest BCUT2D eigenvalue weighted by Crippen LogP contribution is -2.43. The van der Waals surface area contributed by atoms with E-state index in [1.54, 1.807) is 0 Å². The molecule has 1 heterocycles. The number of nitrogens with two attached hydrogens (primary N) is 1. The zero-order valence-corrected chi connectivity index (χ0v) is 20.1. The molecule has 0 atom stereocenters. The number of rotatable bonds is 12. The molecule has 9 nitrogen and oxygen atoms in total. The van der Waals surface area contributed by atoms with Crippen molar-refractivity contribution in [1.29, 1.82) is 0 Å². The van der Waals surface area contributed by atoms with Crippen LogP contribution in [-0.4, -0.2) is 34.6 Å². The molecule has 1 aromatic heterocycles. The summed E-state index contributed by atoms with van der Waals surface area (Å²) in [7, 11) is 0. The van der Waals surface area contributed by atoms with Gasteiger partial charge in [0.05, 0.1) is 6.42 Å². The summed E-state index contributed by atoms with van der Waals surface area (Å²) in [5.41, 5.74) is 4.49. The van der Waals surface area contributed by atoms with Crippen molar-refractivity contribution in [2.75, 3.05) is 23.8 Å². The molecular weight excluding hydrogens is 467 g/mol. The van der Waals surface area contributed by atoms with E-state index in [9.17, 15) is 23.6 Å². The number of ether oxygens (including phenoxy) is 1. The van der Waals surface area contributed by atoms with Gasteiger partial charge in [0, 0.05) is 23.7 Å². The van der Waals surface area contributed by atoms with E-state index in [-0.39, 0.29) is 35.2 Å². The number of amides is 1. The first kappa shape index (κ1) is 27.1. The zero-order valence-electron chi connectivity index (χ0n) is 19.4. The number of hydrogen-bond acceptors (Lipinski definition) is 6. The van der Waals surface area contributed by atoms with Crippen LogP contribution in [0.2, 0.25) is 5.02 Å². The predicted molar refractivity (Wildman–Crippen MR) is 129 cm³/mol. The first-order valence-electron chi connectivity index (χ1n) is 11.2. The molecule has 0 aliphatic heterocycles. The van der Waals surface area contributed by atoms with Crippen LogP contribution in [0, 0.1) is 5.82 Å². The average Bonchev–Trinajstić information content (AvgIpc) is 2.78. The summed E-state index contributed by atoms with van der Waals surface area (Å²) in [6.07, 6.45) is 3.19. The van der Waals surface area contributed by atoms with Crippen molar-refractivity contribution in [3.05, 3.63) is 55.4 Å². The summed E-state index contributed by atoms with van der Waals surface area (Å²) in [6.45, 7) is 3.65. The van der Waals surface area contributed by atoms with E-state index in [4.69, 9.17) is 22.1 Å². The van der Waals surface area contributed by atoms with Crippen molar-refractivity contribution in [1.82, 2.24) is 9.55 Å². The first-order chi connectivity index (χ1) is 16.2. The number of nitrogens with one attached hydrogen (secondary N) is 1. The minimum atomic E-state index is -0.858. The maximum absolute atomic E-state index is 13.9. The number of nitrogens with zero attached hydrogens (tertiary/aromatic N) is 2. The van der Waals surface area contributed by atoms with E-state index in [0.717, 1.165) is 30.2 Å². The second-order valence-corrected chi connectivity index (χ2v) is 8.20. The van der Waals surface area contributed by atoms with Gasteiger partial charge in [-0.3, -0.25) is 23.9 Å². The first-order valence-corrected chi connectivity index (χ1v) is 11.6. The largest absolute Gasteiger partial charge is 0.455 e. The van der Waals surface area contributed by atoms with Crippen LogP contribution in [-0.2, 0) is 27.3 Å². The van der Waals surface area contributed by atoms with E-state index in [1.807, 2.05) is 13.8 Å². The van der Waals surface area contributed by atoms with Crippen LogP contribution >= 0.6 is 11.6 Å². The number of benzene rings is 1. The monoisotopic (exact) mass is 496 g/mol. The van der Waals surface area contributed by atoms with Crippen LogP contribution in [0.1, 0.15) is 51.5 Å². The van der Waals surface area contributed by atoms with Gasteiger partial charge in [0.15, 0.2) is 12.3 Å². The molecule has 0 bridgehead atoms. The Morgan fingerprint density at radius 3 is 2.53 bits per heavy atom. The fourth-order valence-corrected chi connectivity index (χ4v) is 3.60. The van der Waals surface area contributed by atoms with E-state index in [1.165, 1.54) is 16.7 Å². The molecule has 0 aliphatic carbocycles. The molecule has 2 aromatic rings. The molecule has 34 heavy (non-hydrogen) atoms. The Morgan fingerprint density at radius 2 is 1.88 bits per heavy atom. The Hall–Kier alpha value is -3.14. The van der Waals surface area contributed by atoms with Crippen LogP contribution in [0.3, 0.4) is 0 Å². The summed E-state index contributed by atoms with van der Waals surface area (Å²) in [5, 5.41) is 0.0677. The summed E-state index contributed by atoms with van der Waals surface area (Å²) < 4.78 is 20.2. The van der Waals surface area contributed by atoms with Crippen molar-refractivity contribution in [3.8, 4) is 0 Å². The molecule has 0 unspecified atom stereocenters. The van der Waals surface area contributed by atoms with E-state index >= 15 is 0 Å². The fraction of sp³-hybridized carbons (Fsp3) is 0.478. The number of aromatic amines is 1. The number of halogens is 2. The number of esters is 1. The second-order valence-electron chi connectivity index (χ2n) is 7.79. The molecule has 0 fully saturated rings. The highest BCUT2D eigenvalue weighted by molar-refractivity contribution is 6.31. The van der Waals surface area contributed by atoms with E-state index < -0.39 is 42.0 Å². The van der Waals surface area contributed by atoms with Crippen LogP contribution in [0.25, 0.3) is 0 Å². The van der Waals surface area contributed by atoms with Crippen LogP contribution in [0.15, 0.2) is 27.8 Å². The van der Waals surface area contributed by atoms with Crippen molar-refractivity contribution >= 4 is 35.0 Å². The quantitative estimate of drug-likeness (QED) is 0.343. The molecule has 2 rings (SSSR count). The highest BCUT2D eigenvalue weighted by atomic mass is 35.5. The highest BCUT2D eigenvalue weighted by Gasteiger charge is 2.25. The number of nitrogen functional groups attached to an aromatic ring is 1. The normalized spacial score (nSPS) is 10.8. The zero-order chi connectivity index (χ0) is 25.3. The van der Waals surface area contributed by atoms with Gasteiger partial charge < -0.3 is 15.4 Å². The van der Waals surface area contributed by atoms with Crippen LogP contribution in [0.4, 0.5) is 15.9 Å². The maximum atomic E-state index is 13.9. The molecule has 11 heteroatoms. The molecule has 0 radical (unpaired) electrons. The molecule has 0 saturated heterocycles. The molecule has 1 aromatic carbocycles. The number of hydrogen-bond donors (Lipinski definition) is 2. The van der Waals surface area contributed by atoms with Gasteiger partial charge >= 0.3 is 11.7 Å². The summed E-state index contributed by atoms with van der Waals surface area (Å²) in [6, 6.07) is 4.01. The molecule has 186 valence electrons. The molecule has 0 aliphatic rings. The third-order valence-electron chi connectivity index (χ3n) is 5.25. The Kier molecular flexibility index (Phi) is 10.3. The van der Waals surface area contributed by atoms with Crippen molar-refractivity contribution in [2.45, 2.75) is 58.9 Å². The minimum Gasteiger partial charge on any atom is -0.455 e. The molecule has 3 N–H and O–H groups in total. The fourth-order valence-electron chi connectivity index (χ4n) is 3.37. The Labute approximate surface area is 201 Å². The number of H-pyrrole nitrogens is 1. The van der Waals surface area contributed by atoms with Crippen molar-refractivity contribution in [2.24, 2.45) is 0 Å². The smallest absolute Gasteiger partial charge is 0.330 e. The number of carbonyl (C=O) groups is 2. The van der Waals surface area contributed by atoms with Gasteiger partial charge in [-0.2, -0.15) is 0 Å². The topological polar surface area (TPSA) is 127 Å². The third-order valence-corrected chi connectivity index (χ3v) is 5.60. The molecule has 0 spiro atoms. The number of anilines is 2. The van der Waals surface area contributed by atoms with Gasteiger partial charge in [-0.05, 0) is 25.0 Å². The lowest BCUT2D eigenvalue weighted by Gasteiger charge is -2.24. The second kappa shape index (κ2) is 12.9. The standard InChI is InChI=1S/C23H30ClFN4O5/c1-3-5-7-12-28(20-21(26)29(11-6-4-2)23(33)27-22(20)32)18(30)14-34-19(31)13-15-16(24)9-8-10-17(15)25/h8-10H,3-7,11-14,26H2,1-2H3,(H,27,32,33). The summed E-state index contributed by atoms with van der Waals surface area (Å²) in [4.78, 5) is 53.4. The van der Waals surface area contributed by atoms with Gasteiger partial charge in [0.1, 0.15) is 11.6 Å². The molecule has 1 amide bonds. The number of carbonyl (C=O) groups excluding carboxylic acids is 2. The Balaban J connectivity index is 2.25. The van der Waals surface area contributed by atoms with Crippen molar-refractivity contribution < 1.29 is 18.7 Å². The molecule has 0 saturated carbocycles. The van der Waals surface area contributed by atoms with Gasteiger partial charge in [0.25, 0.3) is 11.5 Å². The predicted octanol–water partition coefficient (Wildman–Crippen LogP) is 3.02. The number of aromatic nitrogens is 2. The van der Waals surface area contributed by atoms with Crippen LogP contribution < -0.4 is 21.9 Å². The van der Waals surface area contributed by atoms with Crippen LogP contribution in [0.5, 0.6) is 0 Å². The minimum absolute atomic E-state index is 0.0369. The van der Waals surface area contributed by atoms with Gasteiger partial charge in [-0.1, -0.05) is 50.8 Å². The summed E-state index contributed by atoms with van der Waals surface area (Å²) >= 11 is 5.93. The third kappa shape index (κ3) is 6.93. The van der Waals surface area contributed by atoms with E-state index in [2.05, 4.69) is 4.98 Å². The van der Waals surface area contributed by atoms with Gasteiger partial charge in [-0.25, -0.2) is 9.18 Å². The van der Waals surface area contributed by atoms with Gasteiger partial charge in [0.2, 0.25) is 0 Å². The van der Waals surface area contributed by atoms with E-state index in [0.29, 0.717) is 12.8 Å². The maximum Gasteiger partial charge on any atom is 0.330 e. The SMILES string of the molecule is CCCCCN(C(=O)COC(=O)Cc1c(F)cccc1Cl)c1c(N)n(CCCC)c(=O)[nH]c1=O. The summed E-state index contributed by atoms with van der Waals surface area (Å²) in [5.74, 6) is -2.34. The highest BCUT2D eigenvalue weighted by Crippen LogP contribution is 2.21. The number of unbranched alkanes of at least 4 members (excludes halogenated alkanes) is 3. The average molecular weight is 497 g/mol. The van der Waals surface area contributed by atoms with Crippen molar-refractivity contribution in [3.63, 3.8) is 0 Å².